The average Bonchev–Trinajstić information content (AvgIpc) is 3.09. The molecule has 2 aliphatic rings. The van der Waals surface area contributed by atoms with Crippen molar-refractivity contribution in [3.05, 3.63) is 41.5 Å². The van der Waals surface area contributed by atoms with Gasteiger partial charge in [0.15, 0.2) is 5.82 Å². The van der Waals surface area contributed by atoms with Crippen LogP contribution in [0.2, 0.25) is 0 Å². The van der Waals surface area contributed by atoms with Gasteiger partial charge in [-0.1, -0.05) is 23.4 Å². The largest absolute Gasteiger partial charge is 0.339 e. The number of rotatable bonds is 4. The highest BCUT2D eigenvalue weighted by Crippen LogP contribution is 2.27. The minimum absolute atomic E-state index is 0.0516. The van der Waals surface area contributed by atoms with Crippen LogP contribution in [0.1, 0.15) is 29.7 Å². The van der Waals surface area contributed by atoms with E-state index < -0.39 is 0 Å². The van der Waals surface area contributed by atoms with Crippen molar-refractivity contribution < 1.29 is 9.32 Å². The highest BCUT2D eigenvalue weighted by atomic mass is 16.5. The second kappa shape index (κ2) is 6.93. The lowest BCUT2D eigenvalue weighted by Gasteiger charge is -2.30. The van der Waals surface area contributed by atoms with E-state index in [4.69, 9.17) is 4.52 Å². The van der Waals surface area contributed by atoms with E-state index in [1.54, 1.807) is 0 Å². The maximum atomic E-state index is 12.3. The summed E-state index contributed by atoms with van der Waals surface area (Å²) in [4.78, 5) is 19.1. The Morgan fingerprint density at radius 3 is 3.12 bits per heavy atom. The lowest BCUT2D eigenvalue weighted by molar-refractivity contribution is -0.120. The molecular formula is C18H23N5O2. The number of aryl methyl sites for hydroxylation is 1. The average molecular weight is 341 g/mol. The SMILES string of the molecule is CN1CCNCC1c1noc(CCC2Cc3ccccc3NC2=O)n1. The molecule has 2 atom stereocenters. The van der Waals surface area contributed by atoms with Crippen LogP contribution >= 0.6 is 0 Å². The number of carbonyl (C=O) groups is 1. The molecule has 3 heterocycles. The third-order valence-corrected chi connectivity index (χ3v) is 5.11. The number of aromatic nitrogens is 2. The Balaban J connectivity index is 1.38. The third-order valence-electron chi connectivity index (χ3n) is 5.11. The second-order valence-electron chi connectivity index (χ2n) is 6.83. The summed E-state index contributed by atoms with van der Waals surface area (Å²) in [7, 11) is 2.07. The number of nitrogens with one attached hydrogen (secondary N) is 2. The monoisotopic (exact) mass is 341 g/mol. The molecule has 2 N–H and O–H groups in total. The van der Waals surface area contributed by atoms with Crippen molar-refractivity contribution in [2.24, 2.45) is 5.92 Å². The number of likely N-dealkylation sites (N-methyl/N-ethyl adjacent to an activating group) is 1. The van der Waals surface area contributed by atoms with Gasteiger partial charge >= 0.3 is 0 Å². The topological polar surface area (TPSA) is 83.3 Å². The molecule has 1 fully saturated rings. The lowest BCUT2D eigenvalue weighted by atomic mass is 9.90. The van der Waals surface area contributed by atoms with Gasteiger partial charge in [-0.3, -0.25) is 9.69 Å². The Kier molecular flexibility index (Phi) is 4.50. The van der Waals surface area contributed by atoms with Gasteiger partial charge in [-0.05, 0) is 31.5 Å². The molecule has 1 amide bonds. The van der Waals surface area contributed by atoms with E-state index in [9.17, 15) is 4.79 Å². The molecule has 1 saturated heterocycles. The number of para-hydroxylation sites is 1. The molecule has 132 valence electrons. The third kappa shape index (κ3) is 3.43. The summed E-state index contributed by atoms with van der Waals surface area (Å²) in [5.41, 5.74) is 2.12. The fourth-order valence-electron chi connectivity index (χ4n) is 3.54. The summed E-state index contributed by atoms with van der Waals surface area (Å²) >= 11 is 0. The van der Waals surface area contributed by atoms with Crippen LogP contribution in [0.25, 0.3) is 0 Å². The van der Waals surface area contributed by atoms with Gasteiger partial charge < -0.3 is 15.2 Å². The number of hydrogen-bond acceptors (Lipinski definition) is 6. The first-order valence-electron chi connectivity index (χ1n) is 8.83. The first-order valence-corrected chi connectivity index (χ1v) is 8.83. The van der Waals surface area contributed by atoms with Crippen molar-refractivity contribution in [3.8, 4) is 0 Å². The number of carbonyl (C=O) groups excluding carboxylic acids is 1. The zero-order chi connectivity index (χ0) is 17.2. The Bertz CT molecular complexity index is 759. The molecule has 0 aliphatic carbocycles. The molecule has 2 aliphatic heterocycles. The van der Waals surface area contributed by atoms with Gasteiger partial charge in [0.1, 0.15) is 0 Å². The molecule has 4 rings (SSSR count). The Morgan fingerprint density at radius 2 is 2.24 bits per heavy atom. The lowest BCUT2D eigenvalue weighted by Crippen LogP contribution is -2.44. The van der Waals surface area contributed by atoms with E-state index in [0.29, 0.717) is 18.7 Å². The van der Waals surface area contributed by atoms with E-state index in [-0.39, 0.29) is 17.9 Å². The molecule has 0 saturated carbocycles. The Morgan fingerprint density at radius 1 is 1.36 bits per heavy atom. The highest BCUT2D eigenvalue weighted by Gasteiger charge is 2.28. The summed E-state index contributed by atoms with van der Waals surface area (Å²) < 4.78 is 5.41. The number of fused-ring (bicyclic) bond motifs is 1. The number of anilines is 1. The van der Waals surface area contributed by atoms with Crippen LogP contribution in [0.15, 0.2) is 28.8 Å². The molecular weight excluding hydrogens is 318 g/mol. The van der Waals surface area contributed by atoms with Crippen molar-refractivity contribution in [3.63, 3.8) is 0 Å². The summed E-state index contributed by atoms with van der Waals surface area (Å²) in [6.07, 6.45) is 2.09. The molecule has 7 nitrogen and oxygen atoms in total. The smallest absolute Gasteiger partial charge is 0.227 e. The predicted octanol–water partition coefficient (Wildman–Crippen LogP) is 1.39. The van der Waals surface area contributed by atoms with Gasteiger partial charge in [0.25, 0.3) is 0 Å². The molecule has 2 unspecified atom stereocenters. The molecule has 7 heteroatoms. The minimum atomic E-state index is -0.0516. The second-order valence-corrected chi connectivity index (χ2v) is 6.83. The van der Waals surface area contributed by atoms with Gasteiger partial charge in [0.2, 0.25) is 11.8 Å². The molecule has 0 bridgehead atoms. The van der Waals surface area contributed by atoms with Gasteiger partial charge in [-0.2, -0.15) is 4.98 Å². The first kappa shape index (κ1) is 16.2. The van der Waals surface area contributed by atoms with Crippen LogP contribution in [-0.4, -0.2) is 47.6 Å². The maximum absolute atomic E-state index is 12.3. The maximum Gasteiger partial charge on any atom is 0.227 e. The van der Waals surface area contributed by atoms with Crippen LogP contribution in [-0.2, 0) is 17.6 Å². The van der Waals surface area contributed by atoms with Crippen LogP contribution in [0.5, 0.6) is 0 Å². The van der Waals surface area contributed by atoms with Gasteiger partial charge in [-0.15, -0.1) is 0 Å². The Hall–Kier alpha value is -2.25. The number of piperazine rings is 1. The van der Waals surface area contributed by atoms with Crippen LogP contribution < -0.4 is 10.6 Å². The number of nitrogens with zero attached hydrogens (tertiary/aromatic N) is 3. The normalized spacial score (nSPS) is 24.0. The van der Waals surface area contributed by atoms with E-state index in [0.717, 1.165) is 37.6 Å². The van der Waals surface area contributed by atoms with E-state index in [1.807, 2.05) is 18.2 Å². The van der Waals surface area contributed by atoms with Gasteiger partial charge in [0, 0.05) is 37.7 Å². The van der Waals surface area contributed by atoms with Crippen LogP contribution in [0.3, 0.4) is 0 Å². The molecule has 0 spiro atoms. The summed E-state index contributed by atoms with van der Waals surface area (Å²) in [6.45, 7) is 2.78. The van der Waals surface area contributed by atoms with E-state index in [1.165, 1.54) is 5.56 Å². The first-order chi connectivity index (χ1) is 12.2. The van der Waals surface area contributed by atoms with Crippen molar-refractivity contribution >= 4 is 11.6 Å². The predicted molar refractivity (Wildman–Crippen MR) is 93.1 cm³/mol. The number of amides is 1. The zero-order valence-corrected chi connectivity index (χ0v) is 14.4. The molecule has 2 aromatic rings. The standard InChI is InChI=1S/C18H23N5O2/c1-23-9-8-19-11-15(23)17-21-16(25-22-17)7-6-13-10-12-4-2-3-5-14(12)20-18(13)24/h2-5,13,15,19H,6-11H2,1H3,(H,20,24). The molecule has 1 aromatic heterocycles. The van der Waals surface area contributed by atoms with E-state index >= 15 is 0 Å². The van der Waals surface area contributed by atoms with Crippen molar-refractivity contribution in [1.82, 2.24) is 20.4 Å². The van der Waals surface area contributed by atoms with Gasteiger partial charge in [-0.25, -0.2) is 0 Å². The van der Waals surface area contributed by atoms with Crippen molar-refractivity contribution in [2.45, 2.75) is 25.3 Å². The van der Waals surface area contributed by atoms with Crippen molar-refractivity contribution in [2.75, 3.05) is 32.0 Å². The summed E-state index contributed by atoms with van der Waals surface area (Å²) in [6, 6.07) is 8.11. The van der Waals surface area contributed by atoms with Crippen LogP contribution in [0.4, 0.5) is 5.69 Å². The minimum Gasteiger partial charge on any atom is -0.339 e. The fourth-order valence-corrected chi connectivity index (χ4v) is 3.54. The summed E-state index contributed by atoms with van der Waals surface area (Å²) in [5, 5.41) is 10.5. The van der Waals surface area contributed by atoms with Crippen LogP contribution in [0, 0.1) is 5.92 Å². The highest BCUT2D eigenvalue weighted by molar-refractivity contribution is 5.95. The number of benzene rings is 1. The quantitative estimate of drug-likeness (QED) is 0.874. The van der Waals surface area contributed by atoms with Gasteiger partial charge in [0.05, 0.1) is 6.04 Å². The molecule has 1 aromatic carbocycles. The van der Waals surface area contributed by atoms with Crippen molar-refractivity contribution in [1.29, 1.82) is 0 Å². The Labute approximate surface area is 146 Å². The zero-order valence-electron chi connectivity index (χ0n) is 14.4. The number of hydrogen-bond donors (Lipinski definition) is 2. The summed E-state index contributed by atoms with van der Waals surface area (Å²) in [5.74, 6) is 1.36. The molecule has 25 heavy (non-hydrogen) atoms. The van der Waals surface area contributed by atoms with E-state index in [2.05, 4.69) is 38.8 Å². The fraction of sp³-hybridized carbons (Fsp3) is 0.500. The molecule has 0 radical (unpaired) electrons.